The van der Waals surface area contributed by atoms with E-state index in [4.69, 9.17) is 6.42 Å². The molecule has 1 radical (unpaired) electrons. The minimum atomic E-state index is 0. The zero-order valence-electron chi connectivity index (χ0n) is 6.79. The summed E-state index contributed by atoms with van der Waals surface area (Å²) in [6, 6.07) is 0. The van der Waals surface area contributed by atoms with Crippen LogP contribution in [0.25, 0.3) is 0 Å². The van der Waals surface area contributed by atoms with Gasteiger partial charge in [0.2, 0.25) is 0 Å². The topological polar surface area (TPSA) is 0 Å². The Balaban J connectivity index is -0.0000000133. The van der Waals surface area contributed by atoms with Crippen LogP contribution in [0.4, 0.5) is 0 Å². The zero-order valence-corrected chi connectivity index (χ0v) is 5.73. The summed E-state index contributed by atoms with van der Waals surface area (Å²) in [5.74, 6) is 2.52. The molecule has 41 valence electrons. The van der Waals surface area contributed by atoms with Crippen LogP contribution in [-0.2, 0) is 17.1 Å². The molecule has 0 rings (SSSR count). The summed E-state index contributed by atoms with van der Waals surface area (Å²) in [4.78, 5) is 0. The Hall–Kier alpha value is 0.677. The minimum absolute atomic E-state index is 0. The van der Waals surface area contributed by atoms with Gasteiger partial charge in [-0.3, -0.25) is 0 Å². The van der Waals surface area contributed by atoms with Crippen LogP contribution in [0.1, 0.15) is 22.6 Å². The first kappa shape index (κ1) is 15.6. The molecular weight excluding hydrogens is 131 g/mol. The number of hydrogen-bond donors (Lipinski definition) is 0. The zero-order chi connectivity index (χ0) is 4.12. The van der Waals surface area contributed by atoms with Gasteiger partial charge in [-0.15, -0.1) is 12.3 Å². The number of hydrogen-bond acceptors (Lipinski definition) is 0. The second-order valence-corrected chi connectivity index (χ2v) is 0.954. The fourth-order valence-electron chi connectivity index (χ4n) is 0.144. The molecule has 0 fully saturated rings. The SMILES string of the molecule is C#CCCC.[Cu].[H+].[H-].[Li+]. The molecule has 0 aliphatic carbocycles. The smallest absolute Gasteiger partial charge is 1.00 e. The summed E-state index contributed by atoms with van der Waals surface area (Å²) < 4.78 is 0. The van der Waals surface area contributed by atoms with E-state index in [-0.39, 0.29) is 38.8 Å². The average Bonchev–Trinajstić information content (AvgIpc) is 1.41. The summed E-state index contributed by atoms with van der Waals surface area (Å²) in [6.45, 7) is 2.07. The van der Waals surface area contributed by atoms with Gasteiger partial charge < -0.3 is 1.43 Å². The van der Waals surface area contributed by atoms with E-state index in [0.29, 0.717) is 0 Å². The minimum Gasteiger partial charge on any atom is -1.00 e. The van der Waals surface area contributed by atoms with Crippen molar-refractivity contribution in [2.75, 3.05) is 0 Å². The largest absolute Gasteiger partial charge is 1.00 e. The van der Waals surface area contributed by atoms with Crippen molar-refractivity contribution < 1.29 is 38.8 Å². The molecule has 0 aliphatic rings. The summed E-state index contributed by atoms with van der Waals surface area (Å²) in [5.41, 5.74) is 0. The van der Waals surface area contributed by atoms with Crippen molar-refractivity contribution in [3.8, 4) is 12.3 Å². The van der Waals surface area contributed by atoms with Gasteiger partial charge in [0.05, 0.1) is 0 Å². The van der Waals surface area contributed by atoms with Crippen molar-refractivity contribution in [1.29, 1.82) is 0 Å². The molecule has 0 heterocycles. The van der Waals surface area contributed by atoms with Gasteiger partial charge in [0.25, 0.3) is 0 Å². The average molecular weight is 141 g/mol. The maximum atomic E-state index is 4.89. The first-order valence-electron chi connectivity index (χ1n) is 1.85. The van der Waals surface area contributed by atoms with E-state index in [1.165, 1.54) is 0 Å². The molecule has 0 aromatic carbocycles. The van der Waals surface area contributed by atoms with Crippen molar-refractivity contribution in [1.82, 2.24) is 0 Å². The van der Waals surface area contributed by atoms with Crippen LogP contribution in [0.5, 0.6) is 0 Å². The molecule has 0 aromatic heterocycles. The normalized spacial score (nSPS) is 4.57. The quantitative estimate of drug-likeness (QED) is 0.312. The van der Waals surface area contributed by atoms with Crippen molar-refractivity contribution in [3.63, 3.8) is 0 Å². The van der Waals surface area contributed by atoms with E-state index in [1.54, 1.807) is 0 Å². The van der Waals surface area contributed by atoms with Crippen LogP contribution in [0, 0.1) is 12.3 Å². The van der Waals surface area contributed by atoms with Crippen LogP contribution in [0.15, 0.2) is 0 Å². The van der Waals surface area contributed by atoms with Crippen LogP contribution in [-0.4, -0.2) is 0 Å². The van der Waals surface area contributed by atoms with Crippen molar-refractivity contribution in [2.45, 2.75) is 19.8 Å². The molecule has 0 saturated carbocycles. The first-order valence-corrected chi connectivity index (χ1v) is 1.85. The number of terminal acetylenes is 1. The van der Waals surface area contributed by atoms with Crippen LogP contribution >= 0.6 is 0 Å². The Labute approximate surface area is 71.1 Å². The summed E-state index contributed by atoms with van der Waals surface area (Å²) in [6.07, 6.45) is 6.91. The third-order valence-electron chi connectivity index (χ3n) is 0.394. The van der Waals surface area contributed by atoms with Gasteiger partial charge in [-0.2, -0.15) is 0 Å². The Morgan fingerprint density at radius 1 is 1.86 bits per heavy atom. The fourth-order valence-corrected chi connectivity index (χ4v) is 0.144. The van der Waals surface area contributed by atoms with Crippen LogP contribution in [0.3, 0.4) is 0 Å². The van der Waals surface area contributed by atoms with Gasteiger partial charge in [0.1, 0.15) is 0 Å². The van der Waals surface area contributed by atoms with Crippen molar-refractivity contribution >= 4 is 0 Å². The summed E-state index contributed by atoms with van der Waals surface area (Å²) in [7, 11) is 0. The van der Waals surface area contributed by atoms with E-state index in [0.717, 1.165) is 12.8 Å². The van der Waals surface area contributed by atoms with E-state index < -0.39 is 0 Å². The van der Waals surface area contributed by atoms with Crippen molar-refractivity contribution in [2.24, 2.45) is 0 Å². The molecular formula is C5H10CuLi+. The summed E-state index contributed by atoms with van der Waals surface area (Å²) >= 11 is 0. The molecule has 0 amide bonds. The monoisotopic (exact) mass is 140 g/mol. The maximum Gasteiger partial charge on any atom is 1.00 e. The van der Waals surface area contributed by atoms with Gasteiger partial charge in [0.15, 0.2) is 0 Å². The maximum absolute atomic E-state index is 4.89. The van der Waals surface area contributed by atoms with Crippen molar-refractivity contribution in [3.05, 3.63) is 0 Å². The Morgan fingerprint density at radius 3 is 2.29 bits per heavy atom. The van der Waals surface area contributed by atoms with Crippen LogP contribution in [0.2, 0.25) is 0 Å². The van der Waals surface area contributed by atoms with Gasteiger partial charge in [-0.1, -0.05) is 6.92 Å². The van der Waals surface area contributed by atoms with E-state index in [2.05, 4.69) is 12.8 Å². The molecule has 0 unspecified atom stereocenters. The Morgan fingerprint density at radius 2 is 2.29 bits per heavy atom. The van der Waals surface area contributed by atoms with Crippen LogP contribution < -0.4 is 18.9 Å². The molecule has 2 heteroatoms. The Kier molecular flexibility index (Phi) is 35.6. The molecule has 7 heavy (non-hydrogen) atoms. The standard InChI is InChI=1S/C5H8.Cu.Li.H/c1-3-5-4-2;;;/h1H,4-5H2,2H3;;;/q;;+1;-1/p+1. The molecule has 0 aromatic rings. The number of rotatable bonds is 1. The molecule has 0 saturated heterocycles. The predicted molar refractivity (Wildman–Crippen MR) is 26.0 cm³/mol. The molecule has 0 nitrogen and oxygen atoms in total. The Bertz CT molecular complexity index is 53.4. The molecule has 0 spiro atoms. The third-order valence-corrected chi connectivity index (χ3v) is 0.394. The second kappa shape index (κ2) is 15.9. The molecule has 0 N–H and O–H groups in total. The summed E-state index contributed by atoms with van der Waals surface area (Å²) in [5, 5.41) is 0. The molecule has 0 atom stereocenters. The number of unbranched alkanes of at least 4 members (excludes halogenated alkanes) is 1. The van der Waals surface area contributed by atoms with Gasteiger partial charge in [0, 0.05) is 23.5 Å². The first-order chi connectivity index (χ1) is 2.41. The van der Waals surface area contributed by atoms with E-state index >= 15 is 0 Å². The third kappa shape index (κ3) is 20.4. The second-order valence-electron chi connectivity index (χ2n) is 0.954. The fraction of sp³-hybridized carbons (Fsp3) is 0.600. The van der Waals surface area contributed by atoms with E-state index in [1.807, 2.05) is 0 Å². The molecule has 0 aliphatic heterocycles. The molecule has 0 bridgehead atoms. The van der Waals surface area contributed by atoms with Gasteiger partial charge in [-0.05, 0) is 6.42 Å². The van der Waals surface area contributed by atoms with E-state index in [9.17, 15) is 0 Å². The predicted octanol–water partition coefficient (Wildman–Crippen LogP) is -1.35. The van der Waals surface area contributed by atoms with Gasteiger partial charge in [-0.25, -0.2) is 0 Å². The van der Waals surface area contributed by atoms with Gasteiger partial charge >= 0.3 is 20.3 Å².